The van der Waals surface area contributed by atoms with E-state index >= 15 is 0 Å². The Morgan fingerprint density at radius 1 is 0.952 bits per heavy atom. The van der Waals surface area contributed by atoms with Crippen LogP contribution in [-0.2, 0) is 13.9 Å². The van der Waals surface area contributed by atoms with Crippen molar-refractivity contribution in [2.45, 2.75) is 96.1 Å². The van der Waals surface area contributed by atoms with Crippen LogP contribution in [0.25, 0.3) is 0 Å². The van der Waals surface area contributed by atoms with E-state index in [1.54, 1.807) is 0 Å². The van der Waals surface area contributed by atoms with Gasteiger partial charge in [-0.2, -0.15) is 0 Å². The van der Waals surface area contributed by atoms with E-state index in [4.69, 9.17) is 13.9 Å². The van der Waals surface area contributed by atoms with Crippen LogP contribution in [0.3, 0.4) is 0 Å². The van der Waals surface area contributed by atoms with Crippen molar-refractivity contribution in [1.82, 2.24) is 0 Å². The molecule has 1 saturated heterocycles. The van der Waals surface area contributed by atoms with Crippen LogP contribution in [0.5, 0.6) is 0 Å². The van der Waals surface area contributed by atoms with Gasteiger partial charge in [0.1, 0.15) is 6.10 Å². The Kier molecular flexibility index (Phi) is 5.34. The van der Waals surface area contributed by atoms with E-state index in [-0.39, 0.29) is 24.6 Å². The van der Waals surface area contributed by atoms with Crippen molar-refractivity contribution in [2.24, 2.45) is 0 Å². The van der Waals surface area contributed by atoms with E-state index in [9.17, 15) is 0 Å². The molecule has 0 spiro atoms. The zero-order valence-electron chi connectivity index (χ0n) is 14.6. The average molecular weight is 313 g/mol. The van der Waals surface area contributed by atoms with Crippen LogP contribution in [0.1, 0.15) is 54.9 Å². The molecule has 0 aromatic rings. The van der Waals surface area contributed by atoms with Crippen LogP contribution < -0.4 is 0 Å². The summed E-state index contributed by atoms with van der Waals surface area (Å²) in [5.41, 5.74) is 1.75. The van der Waals surface area contributed by atoms with Gasteiger partial charge in [-0.05, 0) is 23.5 Å². The van der Waals surface area contributed by atoms with Crippen molar-refractivity contribution >= 4 is 8.32 Å². The fourth-order valence-electron chi connectivity index (χ4n) is 4.24. The second kappa shape index (κ2) is 6.53. The minimum atomic E-state index is -1.88. The van der Waals surface area contributed by atoms with Gasteiger partial charge in [-0.3, -0.25) is 0 Å². The van der Waals surface area contributed by atoms with Gasteiger partial charge in [0.05, 0.1) is 12.2 Å². The van der Waals surface area contributed by atoms with E-state index in [1.165, 1.54) is 0 Å². The summed E-state index contributed by atoms with van der Waals surface area (Å²) in [6, 6.07) is 0. The Balaban J connectivity index is 2.11. The molecule has 2 aliphatic heterocycles. The van der Waals surface area contributed by atoms with Crippen molar-refractivity contribution in [2.75, 3.05) is 0 Å². The molecule has 0 aromatic carbocycles. The number of ether oxygens (including phenoxy) is 2. The van der Waals surface area contributed by atoms with E-state index in [0.717, 1.165) is 6.42 Å². The first-order chi connectivity index (χ1) is 9.77. The fourth-order valence-corrected chi connectivity index (χ4v) is 9.67. The highest BCUT2D eigenvalue weighted by Crippen LogP contribution is 2.44. The third kappa shape index (κ3) is 3.28. The molecule has 21 heavy (non-hydrogen) atoms. The highest BCUT2D eigenvalue weighted by molar-refractivity contribution is 6.77. The van der Waals surface area contributed by atoms with Gasteiger partial charge in [-0.25, -0.2) is 0 Å². The van der Waals surface area contributed by atoms with Crippen molar-refractivity contribution in [3.63, 3.8) is 0 Å². The second-order valence-corrected chi connectivity index (χ2v) is 12.9. The molecule has 2 rings (SSSR count). The van der Waals surface area contributed by atoms with Gasteiger partial charge in [-0.15, -0.1) is 0 Å². The predicted molar refractivity (Wildman–Crippen MR) is 88.9 cm³/mol. The third-order valence-corrected chi connectivity index (χ3v) is 11.2. The first kappa shape index (κ1) is 17.2. The summed E-state index contributed by atoms with van der Waals surface area (Å²) >= 11 is 0. The van der Waals surface area contributed by atoms with Crippen molar-refractivity contribution in [3.05, 3.63) is 12.2 Å². The van der Waals surface area contributed by atoms with Crippen molar-refractivity contribution in [1.29, 1.82) is 0 Å². The summed E-state index contributed by atoms with van der Waals surface area (Å²) in [6.07, 6.45) is 5.41. The molecular formula is C17H32O3Si. The molecule has 0 N–H and O–H groups in total. The first-order valence-corrected chi connectivity index (χ1v) is 10.6. The summed E-state index contributed by atoms with van der Waals surface area (Å²) in [4.78, 5) is 0. The highest BCUT2D eigenvalue weighted by atomic mass is 28.4. The second-order valence-electron chi connectivity index (χ2n) is 7.47. The van der Waals surface area contributed by atoms with Gasteiger partial charge in [-0.1, -0.05) is 53.7 Å². The molecule has 1 fully saturated rings. The van der Waals surface area contributed by atoms with Gasteiger partial charge >= 0.3 is 0 Å². The van der Waals surface area contributed by atoms with E-state index in [2.05, 4.69) is 60.6 Å². The van der Waals surface area contributed by atoms with Gasteiger partial charge in [0.15, 0.2) is 6.29 Å². The van der Waals surface area contributed by atoms with Crippen LogP contribution in [0.15, 0.2) is 12.2 Å². The zero-order chi connectivity index (χ0) is 15.8. The molecule has 0 radical (unpaired) electrons. The molecule has 0 bridgehead atoms. The largest absolute Gasteiger partial charge is 0.391 e. The summed E-state index contributed by atoms with van der Waals surface area (Å²) in [6.45, 7) is 16.0. The smallest absolute Gasteiger partial charge is 0.203 e. The molecule has 0 aliphatic carbocycles. The van der Waals surface area contributed by atoms with Crippen LogP contribution in [0.4, 0.5) is 0 Å². The SMILES string of the molecule is CC(C)[Si](OC1C[C@@H]2O[C@@H](C)C=C[C@@H]2O1)(C(C)C)C(C)C. The quantitative estimate of drug-likeness (QED) is 0.547. The van der Waals surface area contributed by atoms with E-state index in [0.29, 0.717) is 16.6 Å². The summed E-state index contributed by atoms with van der Waals surface area (Å²) in [5, 5.41) is 0. The van der Waals surface area contributed by atoms with Gasteiger partial charge in [0, 0.05) is 6.42 Å². The Labute approximate surface area is 131 Å². The average Bonchev–Trinajstić information content (AvgIpc) is 2.75. The normalized spacial score (nSPS) is 33.2. The highest BCUT2D eigenvalue weighted by Gasteiger charge is 2.49. The molecule has 122 valence electrons. The number of hydrogen-bond donors (Lipinski definition) is 0. The standard InChI is InChI=1S/C17H32O3Si/c1-11(2)21(12(3)4,13(5)6)20-17-10-16-15(19-17)9-8-14(7)18-16/h8-9,11-17H,10H2,1-7H3/t14-,15-,16-,17?/m0/s1. The lowest BCUT2D eigenvalue weighted by atomic mass is 10.1. The lowest BCUT2D eigenvalue weighted by molar-refractivity contribution is -0.0815. The maximum atomic E-state index is 6.71. The van der Waals surface area contributed by atoms with Crippen molar-refractivity contribution < 1.29 is 13.9 Å². The summed E-state index contributed by atoms with van der Waals surface area (Å²) in [7, 11) is -1.88. The molecule has 4 heteroatoms. The molecular weight excluding hydrogens is 280 g/mol. The van der Waals surface area contributed by atoms with Crippen LogP contribution in [0, 0.1) is 0 Å². The van der Waals surface area contributed by atoms with Crippen LogP contribution >= 0.6 is 0 Å². The van der Waals surface area contributed by atoms with Gasteiger partial charge < -0.3 is 13.9 Å². The van der Waals surface area contributed by atoms with Gasteiger partial charge in [0.25, 0.3) is 0 Å². The van der Waals surface area contributed by atoms with E-state index < -0.39 is 8.32 Å². The monoisotopic (exact) mass is 312 g/mol. The minimum absolute atomic E-state index is 0.0735. The molecule has 2 aliphatic rings. The number of rotatable bonds is 5. The Bertz CT molecular complexity index is 356. The van der Waals surface area contributed by atoms with E-state index in [1.807, 2.05) is 0 Å². The summed E-state index contributed by atoms with van der Waals surface area (Å²) in [5.74, 6) is 0. The number of fused-ring (bicyclic) bond motifs is 1. The molecule has 3 nitrogen and oxygen atoms in total. The van der Waals surface area contributed by atoms with Crippen LogP contribution in [0.2, 0.25) is 16.6 Å². The molecule has 4 atom stereocenters. The first-order valence-electron chi connectivity index (χ1n) is 8.44. The van der Waals surface area contributed by atoms with Crippen molar-refractivity contribution in [3.8, 4) is 0 Å². The predicted octanol–water partition coefficient (Wildman–Crippen LogP) is 4.64. The Hall–Kier alpha value is -0.163. The maximum absolute atomic E-state index is 6.71. The third-order valence-electron chi connectivity index (χ3n) is 5.10. The lowest BCUT2D eigenvalue weighted by Gasteiger charge is -2.43. The molecule has 0 saturated carbocycles. The molecule has 0 aromatic heterocycles. The number of hydrogen-bond acceptors (Lipinski definition) is 3. The topological polar surface area (TPSA) is 27.7 Å². The van der Waals surface area contributed by atoms with Gasteiger partial charge in [0.2, 0.25) is 8.32 Å². The molecule has 1 unspecified atom stereocenters. The fraction of sp³-hybridized carbons (Fsp3) is 0.882. The zero-order valence-corrected chi connectivity index (χ0v) is 15.6. The lowest BCUT2D eigenvalue weighted by Crippen LogP contribution is -2.50. The Morgan fingerprint density at radius 2 is 1.52 bits per heavy atom. The molecule has 0 amide bonds. The Morgan fingerprint density at radius 3 is 2.05 bits per heavy atom. The maximum Gasteiger partial charge on any atom is 0.203 e. The van der Waals surface area contributed by atoms with Crippen LogP contribution in [-0.4, -0.2) is 32.9 Å². The molecule has 2 heterocycles. The minimum Gasteiger partial charge on any atom is -0.391 e. The summed E-state index contributed by atoms with van der Waals surface area (Å²) < 4.78 is 18.8.